The first-order valence-corrected chi connectivity index (χ1v) is 14.5. The average molecular weight is 655 g/mol. The van der Waals surface area contributed by atoms with Gasteiger partial charge in [-0.2, -0.15) is 0 Å². The quantitative estimate of drug-likeness (QED) is 0.136. The van der Waals surface area contributed by atoms with Gasteiger partial charge in [-0.15, -0.1) is 0 Å². The van der Waals surface area contributed by atoms with Crippen LogP contribution in [0, 0.1) is 51.1 Å². The van der Waals surface area contributed by atoms with E-state index >= 15 is 0 Å². The lowest BCUT2D eigenvalue weighted by Crippen LogP contribution is -2.28. The normalized spacial score (nSPS) is 10.6. The molecule has 0 fully saturated rings. The molecular weight excluding hydrogens is 624 g/mol. The minimum atomic E-state index is -0.565. The third kappa shape index (κ3) is 7.82. The maximum absolute atomic E-state index is 13.0. The van der Waals surface area contributed by atoms with E-state index in [1.165, 1.54) is 72.8 Å². The second kappa shape index (κ2) is 14.7. The second-order valence-corrected chi connectivity index (χ2v) is 10.8. The van der Waals surface area contributed by atoms with Crippen LogP contribution in [0.5, 0.6) is 0 Å². The number of non-ortho nitro benzene ring substituents is 3. The lowest BCUT2D eigenvalue weighted by molar-refractivity contribution is -0.385. The predicted molar refractivity (Wildman–Crippen MR) is 173 cm³/mol. The fraction of sp³-hybridized carbons (Fsp3) is 0.182. The topological polar surface area (TPSA) is 217 Å². The molecule has 4 aromatic carbocycles. The molecule has 0 heterocycles. The van der Waals surface area contributed by atoms with Crippen LogP contribution in [0.2, 0.25) is 0 Å². The van der Waals surface area contributed by atoms with Crippen LogP contribution >= 0.6 is 0 Å². The number of rotatable bonds is 12. The van der Waals surface area contributed by atoms with Crippen LogP contribution in [-0.2, 0) is 19.6 Å². The third-order valence-electron chi connectivity index (χ3n) is 8.01. The van der Waals surface area contributed by atoms with Crippen molar-refractivity contribution in [3.63, 3.8) is 0 Å². The Kier molecular flexibility index (Phi) is 10.5. The van der Waals surface area contributed by atoms with Gasteiger partial charge in [0.1, 0.15) is 0 Å². The van der Waals surface area contributed by atoms with Crippen LogP contribution in [0.4, 0.5) is 17.1 Å². The van der Waals surface area contributed by atoms with Crippen molar-refractivity contribution >= 4 is 34.8 Å². The van der Waals surface area contributed by atoms with E-state index in [2.05, 4.69) is 16.0 Å². The highest BCUT2D eigenvalue weighted by Gasteiger charge is 2.20. The summed E-state index contributed by atoms with van der Waals surface area (Å²) in [6.07, 6.45) is 0. The molecule has 0 aliphatic rings. The molecule has 3 amide bonds. The number of carbonyl (C=O) groups excluding carboxylic acids is 3. The summed E-state index contributed by atoms with van der Waals surface area (Å²) >= 11 is 0. The Morgan fingerprint density at radius 2 is 0.667 bits per heavy atom. The number of hydrogen-bond donors (Lipinski definition) is 3. The summed E-state index contributed by atoms with van der Waals surface area (Å²) in [5.74, 6) is -1.40. The van der Waals surface area contributed by atoms with E-state index in [0.29, 0.717) is 0 Å². The van der Waals surface area contributed by atoms with Crippen molar-refractivity contribution in [3.8, 4) is 0 Å². The van der Waals surface area contributed by atoms with Crippen molar-refractivity contribution < 1.29 is 29.2 Å². The number of amides is 3. The number of nitro groups is 3. The Labute approximate surface area is 273 Å². The van der Waals surface area contributed by atoms with E-state index in [9.17, 15) is 44.7 Å². The van der Waals surface area contributed by atoms with Gasteiger partial charge in [0.25, 0.3) is 34.8 Å². The van der Waals surface area contributed by atoms with Gasteiger partial charge in [0, 0.05) is 72.7 Å². The van der Waals surface area contributed by atoms with Crippen LogP contribution in [0.1, 0.15) is 64.5 Å². The maximum atomic E-state index is 13.0. The molecule has 0 aromatic heterocycles. The highest BCUT2D eigenvalue weighted by Crippen LogP contribution is 2.28. The Morgan fingerprint density at radius 1 is 0.458 bits per heavy atom. The molecule has 15 heteroatoms. The first-order chi connectivity index (χ1) is 22.8. The van der Waals surface area contributed by atoms with Crippen molar-refractivity contribution in [3.05, 3.63) is 153 Å². The fourth-order valence-corrected chi connectivity index (χ4v) is 5.20. The molecule has 0 radical (unpaired) electrons. The molecule has 4 rings (SSSR count). The zero-order chi connectivity index (χ0) is 35.1. The van der Waals surface area contributed by atoms with E-state index in [1.807, 2.05) is 20.8 Å². The van der Waals surface area contributed by atoms with Crippen LogP contribution in [0.15, 0.2) is 72.8 Å². The minimum absolute atomic E-state index is 0.0559. The summed E-state index contributed by atoms with van der Waals surface area (Å²) in [6.45, 7) is 5.67. The van der Waals surface area contributed by atoms with Gasteiger partial charge in [-0.25, -0.2) is 0 Å². The van der Waals surface area contributed by atoms with Crippen LogP contribution in [0.3, 0.4) is 0 Å². The molecule has 0 unspecified atom stereocenters. The predicted octanol–water partition coefficient (Wildman–Crippen LogP) is 5.13. The zero-order valence-corrected chi connectivity index (χ0v) is 26.1. The number of benzene rings is 4. The zero-order valence-electron chi connectivity index (χ0n) is 26.1. The molecule has 0 bridgehead atoms. The Bertz CT molecular complexity index is 1680. The van der Waals surface area contributed by atoms with Gasteiger partial charge in [0.05, 0.1) is 14.8 Å². The molecule has 0 spiro atoms. The van der Waals surface area contributed by atoms with E-state index in [4.69, 9.17) is 0 Å². The lowest BCUT2D eigenvalue weighted by Gasteiger charge is -2.23. The van der Waals surface area contributed by atoms with E-state index in [0.717, 1.165) is 33.4 Å². The number of nitro benzene ring substituents is 3. The molecule has 0 aliphatic heterocycles. The number of hydrogen-bond acceptors (Lipinski definition) is 9. The SMILES string of the molecule is Cc1c(CNC(=O)c2ccc([N+](=O)[O-])cc2)c(C)c(CNC(=O)c2ccc([N+](=O)[O-])cc2)c(C)c1CNC(=O)c1ccc([N+](=O)[O-])cc1. The minimum Gasteiger partial charge on any atom is -0.348 e. The van der Waals surface area contributed by atoms with Crippen LogP contribution in [0.25, 0.3) is 0 Å². The summed E-state index contributed by atoms with van der Waals surface area (Å²) in [5.41, 5.74) is 4.64. The summed E-state index contributed by atoms with van der Waals surface area (Å²) in [4.78, 5) is 70.1. The van der Waals surface area contributed by atoms with E-state index in [1.54, 1.807) is 0 Å². The highest BCUT2D eigenvalue weighted by atomic mass is 16.6. The molecule has 0 atom stereocenters. The fourth-order valence-electron chi connectivity index (χ4n) is 5.20. The smallest absolute Gasteiger partial charge is 0.269 e. The maximum Gasteiger partial charge on any atom is 0.269 e. The highest BCUT2D eigenvalue weighted by molar-refractivity contribution is 5.95. The molecule has 246 valence electrons. The molecule has 0 aliphatic carbocycles. The Balaban J connectivity index is 1.61. The van der Waals surface area contributed by atoms with Gasteiger partial charge < -0.3 is 16.0 Å². The van der Waals surface area contributed by atoms with Gasteiger partial charge in [-0.1, -0.05) is 0 Å². The molecule has 15 nitrogen and oxygen atoms in total. The van der Waals surface area contributed by atoms with Gasteiger partial charge in [0.2, 0.25) is 0 Å². The van der Waals surface area contributed by atoms with Gasteiger partial charge >= 0.3 is 0 Å². The van der Waals surface area contributed by atoms with E-state index in [-0.39, 0.29) is 53.4 Å². The number of nitrogens with zero attached hydrogens (tertiary/aromatic N) is 3. The molecular formula is C33H30N6O9. The van der Waals surface area contributed by atoms with Crippen molar-refractivity contribution in [2.45, 2.75) is 40.4 Å². The molecule has 0 saturated carbocycles. The standard InChI is InChI=1S/C33H30N6O9/c1-19-28(16-34-31(40)22-4-10-25(11-5-22)37(43)44)20(2)30(18-36-33(42)24-8-14-27(15-9-24)39(47)48)21(3)29(19)17-35-32(41)23-6-12-26(13-7-23)38(45)46/h4-15H,16-18H2,1-3H3,(H,34,40)(H,35,41)(H,36,42). The van der Waals surface area contributed by atoms with Crippen LogP contribution in [-0.4, -0.2) is 32.5 Å². The van der Waals surface area contributed by atoms with Crippen molar-refractivity contribution in [1.29, 1.82) is 0 Å². The lowest BCUT2D eigenvalue weighted by atomic mass is 9.87. The summed E-state index contributed by atoms with van der Waals surface area (Å²) in [7, 11) is 0. The van der Waals surface area contributed by atoms with Gasteiger partial charge in [-0.05, 0) is 90.6 Å². The molecule has 3 N–H and O–H groups in total. The van der Waals surface area contributed by atoms with Crippen molar-refractivity contribution in [2.24, 2.45) is 0 Å². The monoisotopic (exact) mass is 654 g/mol. The number of nitrogens with one attached hydrogen (secondary N) is 3. The van der Waals surface area contributed by atoms with Gasteiger partial charge in [-0.3, -0.25) is 44.7 Å². The second-order valence-electron chi connectivity index (χ2n) is 10.8. The van der Waals surface area contributed by atoms with Crippen molar-refractivity contribution in [1.82, 2.24) is 16.0 Å². The third-order valence-corrected chi connectivity index (χ3v) is 8.01. The van der Waals surface area contributed by atoms with Crippen LogP contribution < -0.4 is 16.0 Å². The average Bonchev–Trinajstić information content (AvgIpc) is 3.07. The van der Waals surface area contributed by atoms with Crippen molar-refractivity contribution in [2.75, 3.05) is 0 Å². The number of carbonyl (C=O) groups is 3. The summed E-state index contributed by atoms with van der Waals surface area (Å²) < 4.78 is 0. The largest absolute Gasteiger partial charge is 0.348 e. The summed E-state index contributed by atoms with van der Waals surface area (Å²) in [6, 6.07) is 15.5. The molecule has 0 saturated heterocycles. The first kappa shape index (κ1) is 34.4. The van der Waals surface area contributed by atoms with Gasteiger partial charge in [0.15, 0.2) is 0 Å². The first-order valence-electron chi connectivity index (χ1n) is 14.5. The Morgan fingerprint density at radius 3 is 0.854 bits per heavy atom. The Hall–Kier alpha value is -6.51. The van der Waals surface area contributed by atoms with E-state index < -0.39 is 32.5 Å². The summed E-state index contributed by atoms with van der Waals surface area (Å²) in [5, 5.41) is 41.5. The molecule has 48 heavy (non-hydrogen) atoms. The molecule has 4 aromatic rings.